The third-order valence-electron chi connectivity index (χ3n) is 3.46. The molecule has 21 heavy (non-hydrogen) atoms. The van der Waals surface area contributed by atoms with Crippen molar-refractivity contribution in [1.29, 1.82) is 0 Å². The molecule has 112 valence electrons. The highest BCUT2D eigenvalue weighted by Gasteiger charge is 2.16. The van der Waals surface area contributed by atoms with Gasteiger partial charge in [-0.25, -0.2) is 4.39 Å². The van der Waals surface area contributed by atoms with E-state index in [0.29, 0.717) is 22.9 Å². The molecule has 0 aromatic heterocycles. The topological polar surface area (TPSA) is 38.3 Å². The van der Waals surface area contributed by atoms with Crippen molar-refractivity contribution in [1.82, 2.24) is 5.32 Å². The van der Waals surface area contributed by atoms with Gasteiger partial charge in [-0.1, -0.05) is 37.6 Å². The quantitative estimate of drug-likeness (QED) is 0.883. The number of amides is 1. The molecule has 0 radical (unpaired) electrons. The monoisotopic (exact) mass is 289 g/mol. The Labute approximate surface area is 124 Å². The molecule has 2 rings (SSSR count). The van der Waals surface area contributed by atoms with Crippen molar-refractivity contribution < 1.29 is 13.9 Å². The van der Waals surface area contributed by atoms with E-state index in [2.05, 4.69) is 12.2 Å². The van der Waals surface area contributed by atoms with Crippen LogP contribution >= 0.6 is 0 Å². The third kappa shape index (κ3) is 3.58. The van der Waals surface area contributed by atoms with Crippen molar-refractivity contribution in [3.63, 3.8) is 0 Å². The van der Waals surface area contributed by atoms with Gasteiger partial charge in [-0.15, -0.1) is 0 Å². The smallest absolute Gasteiger partial charge is 0.252 e. The summed E-state index contributed by atoms with van der Waals surface area (Å²) in [4.78, 5) is 12.4. The van der Waals surface area contributed by atoms with E-state index < -0.39 is 0 Å². The van der Waals surface area contributed by atoms with Crippen LogP contribution < -0.4 is 5.32 Å². The number of benzene rings is 2. The van der Waals surface area contributed by atoms with Crippen molar-refractivity contribution in [2.75, 3.05) is 13.7 Å². The lowest BCUT2D eigenvalue weighted by Crippen LogP contribution is -2.38. The predicted octanol–water partition coefficient (Wildman–Crippen LogP) is 3.52. The van der Waals surface area contributed by atoms with Gasteiger partial charge in [-0.05, 0) is 23.9 Å². The molecule has 0 bridgehead atoms. The predicted molar refractivity (Wildman–Crippen MR) is 81.9 cm³/mol. The molecule has 1 unspecified atom stereocenters. The highest BCUT2D eigenvalue weighted by Crippen LogP contribution is 2.22. The molecule has 2 aromatic rings. The summed E-state index contributed by atoms with van der Waals surface area (Å²) in [5.74, 6) is -0.508. The van der Waals surface area contributed by atoms with Crippen LogP contribution in [0.4, 0.5) is 4.39 Å². The Balaban J connectivity index is 2.29. The molecule has 0 aliphatic rings. The summed E-state index contributed by atoms with van der Waals surface area (Å²) in [7, 11) is 1.61. The fraction of sp³-hybridized carbons (Fsp3) is 0.353. The number of carbonyl (C=O) groups excluding carboxylic acids is 1. The van der Waals surface area contributed by atoms with Crippen molar-refractivity contribution in [2.24, 2.45) is 0 Å². The average Bonchev–Trinajstić information content (AvgIpc) is 2.48. The van der Waals surface area contributed by atoms with Crippen LogP contribution in [0.25, 0.3) is 10.8 Å². The number of carbonyl (C=O) groups is 1. The van der Waals surface area contributed by atoms with Crippen LogP contribution in [0.5, 0.6) is 0 Å². The van der Waals surface area contributed by atoms with Gasteiger partial charge in [-0.2, -0.15) is 0 Å². The minimum atomic E-state index is -0.316. The number of nitrogens with one attached hydrogen (secondary N) is 1. The van der Waals surface area contributed by atoms with Gasteiger partial charge in [0.25, 0.3) is 5.91 Å². The first-order chi connectivity index (χ1) is 10.2. The maximum Gasteiger partial charge on any atom is 0.252 e. The number of ether oxygens (including phenoxy) is 1. The van der Waals surface area contributed by atoms with Gasteiger partial charge in [0.15, 0.2) is 0 Å². The van der Waals surface area contributed by atoms with E-state index in [1.165, 1.54) is 12.1 Å². The second-order valence-corrected chi connectivity index (χ2v) is 5.05. The molecule has 1 amide bonds. The Bertz CT molecular complexity index is 621. The summed E-state index contributed by atoms with van der Waals surface area (Å²) >= 11 is 0. The van der Waals surface area contributed by atoms with Crippen LogP contribution in [0.3, 0.4) is 0 Å². The molecule has 1 N–H and O–H groups in total. The van der Waals surface area contributed by atoms with E-state index in [9.17, 15) is 9.18 Å². The summed E-state index contributed by atoms with van der Waals surface area (Å²) in [6.07, 6.45) is 1.80. The molecular formula is C17H20FNO2. The van der Waals surface area contributed by atoms with Gasteiger partial charge < -0.3 is 10.1 Å². The average molecular weight is 289 g/mol. The molecule has 1 atom stereocenters. The lowest BCUT2D eigenvalue weighted by molar-refractivity contribution is 0.0893. The first-order valence-electron chi connectivity index (χ1n) is 7.14. The normalized spacial score (nSPS) is 12.3. The molecule has 0 aliphatic heterocycles. The van der Waals surface area contributed by atoms with E-state index in [-0.39, 0.29) is 17.8 Å². The van der Waals surface area contributed by atoms with E-state index in [1.807, 2.05) is 0 Å². The first kappa shape index (κ1) is 15.4. The number of fused-ring (bicyclic) bond motifs is 1. The minimum Gasteiger partial charge on any atom is -0.383 e. The second kappa shape index (κ2) is 7.18. The zero-order chi connectivity index (χ0) is 15.2. The SMILES string of the molecule is CCCC(COC)NC(=O)c1ccc(F)c2ccccc12. The Morgan fingerprint density at radius 1 is 1.24 bits per heavy atom. The molecule has 4 heteroatoms. The molecule has 0 saturated carbocycles. The summed E-state index contributed by atoms with van der Waals surface area (Å²) in [6.45, 7) is 2.53. The Morgan fingerprint density at radius 2 is 1.95 bits per heavy atom. The maximum atomic E-state index is 13.8. The van der Waals surface area contributed by atoms with Crippen molar-refractivity contribution in [3.05, 3.63) is 47.8 Å². The zero-order valence-corrected chi connectivity index (χ0v) is 12.4. The number of hydrogen-bond donors (Lipinski definition) is 1. The van der Waals surface area contributed by atoms with E-state index in [1.54, 1.807) is 31.4 Å². The van der Waals surface area contributed by atoms with Crippen LogP contribution in [0, 0.1) is 5.82 Å². The van der Waals surface area contributed by atoms with Crippen molar-refractivity contribution >= 4 is 16.7 Å². The fourth-order valence-electron chi connectivity index (χ4n) is 2.47. The molecule has 0 aliphatic carbocycles. The van der Waals surface area contributed by atoms with E-state index >= 15 is 0 Å². The van der Waals surface area contributed by atoms with E-state index in [0.717, 1.165) is 12.8 Å². The second-order valence-electron chi connectivity index (χ2n) is 5.05. The summed E-state index contributed by atoms with van der Waals surface area (Å²) in [6, 6.07) is 9.84. The highest BCUT2D eigenvalue weighted by molar-refractivity contribution is 6.07. The van der Waals surface area contributed by atoms with Gasteiger partial charge in [0, 0.05) is 18.1 Å². The van der Waals surface area contributed by atoms with Gasteiger partial charge in [0.1, 0.15) is 5.82 Å². The number of halogens is 1. The lowest BCUT2D eigenvalue weighted by atomic mass is 10.0. The Kier molecular flexibility index (Phi) is 5.28. The summed E-state index contributed by atoms with van der Waals surface area (Å²) in [5, 5.41) is 4.05. The molecule has 0 heterocycles. The van der Waals surface area contributed by atoms with Gasteiger partial charge in [0.2, 0.25) is 0 Å². The van der Waals surface area contributed by atoms with Crippen molar-refractivity contribution in [2.45, 2.75) is 25.8 Å². The van der Waals surface area contributed by atoms with Crippen molar-refractivity contribution in [3.8, 4) is 0 Å². The summed E-state index contributed by atoms with van der Waals surface area (Å²) in [5.41, 5.74) is 0.490. The molecule has 0 spiro atoms. The number of methoxy groups -OCH3 is 1. The standard InChI is InChI=1S/C17H20FNO2/c1-3-6-12(11-21-2)19-17(20)15-9-10-16(18)14-8-5-4-7-13(14)15/h4-5,7-10,12H,3,6,11H2,1-2H3,(H,19,20). The molecule has 3 nitrogen and oxygen atoms in total. The van der Waals surface area contributed by atoms with Gasteiger partial charge in [0.05, 0.1) is 12.6 Å². The number of rotatable bonds is 6. The van der Waals surface area contributed by atoms with Crippen LogP contribution in [0.15, 0.2) is 36.4 Å². The molecule has 0 fully saturated rings. The molecular weight excluding hydrogens is 269 g/mol. The molecule has 2 aromatic carbocycles. The van der Waals surface area contributed by atoms with Crippen LogP contribution in [-0.4, -0.2) is 25.7 Å². The van der Waals surface area contributed by atoms with Crippen LogP contribution in [-0.2, 0) is 4.74 Å². The van der Waals surface area contributed by atoms with Gasteiger partial charge in [-0.3, -0.25) is 4.79 Å². The fourth-order valence-corrected chi connectivity index (χ4v) is 2.47. The zero-order valence-electron chi connectivity index (χ0n) is 12.4. The third-order valence-corrected chi connectivity index (χ3v) is 3.46. The lowest BCUT2D eigenvalue weighted by Gasteiger charge is -2.18. The van der Waals surface area contributed by atoms with E-state index in [4.69, 9.17) is 4.74 Å². The summed E-state index contributed by atoms with van der Waals surface area (Å²) < 4.78 is 18.9. The largest absolute Gasteiger partial charge is 0.383 e. The van der Waals surface area contributed by atoms with Gasteiger partial charge >= 0.3 is 0 Å². The van der Waals surface area contributed by atoms with Crippen LogP contribution in [0.1, 0.15) is 30.1 Å². The maximum absolute atomic E-state index is 13.8. The number of hydrogen-bond acceptors (Lipinski definition) is 2. The first-order valence-corrected chi connectivity index (χ1v) is 7.14. The van der Waals surface area contributed by atoms with Crippen LogP contribution in [0.2, 0.25) is 0 Å². The minimum absolute atomic E-state index is 0.0312. The highest BCUT2D eigenvalue weighted by atomic mass is 19.1. The Hall–Kier alpha value is -1.94. The molecule has 0 saturated heterocycles. The Morgan fingerprint density at radius 3 is 2.62 bits per heavy atom.